The van der Waals surface area contributed by atoms with Gasteiger partial charge in [-0.3, -0.25) is 24.6 Å². The zero-order valence-electron chi connectivity index (χ0n) is 12.2. The van der Waals surface area contributed by atoms with Crippen LogP contribution in [0.25, 0.3) is 0 Å². The summed E-state index contributed by atoms with van der Waals surface area (Å²) < 4.78 is 0. The standard InChI is InChI=1S/C13H18N4O4/c1-9-4-5-10(17(20)21)6-11(9)15-13(19)8-16(3)7-12(18)14-2/h4-6H,7-8H2,1-3H3,(H,14,18)(H,15,19). The fourth-order valence-electron chi connectivity index (χ4n) is 1.67. The second kappa shape index (κ2) is 7.34. The van der Waals surface area contributed by atoms with Gasteiger partial charge in [0.2, 0.25) is 11.8 Å². The molecule has 0 saturated carbocycles. The fourth-order valence-corrected chi connectivity index (χ4v) is 1.67. The molecule has 1 aromatic carbocycles. The van der Waals surface area contributed by atoms with Crippen LogP contribution in [0.2, 0.25) is 0 Å². The van der Waals surface area contributed by atoms with Gasteiger partial charge in [-0.05, 0) is 19.5 Å². The first-order chi connectivity index (χ1) is 9.83. The minimum atomic E-state index is -0.521. The van der Waals surface area contributed by atoms with Crippen LogP contribution in [0, 0.1) is 17.0 Å². The van der Waals surface area contributed by atoms with Crippen LogP contribution in [0.15, 0.2) is 18.2 Å². The van der Waals surface area contributed by atoms with E-state index in [9.17, 15) is 19.7 Å². The molecule has 2 N–H and O–H groups in total. The SMILES string of the molecule is CNC(=O)CN(C)CC(=O)Nc1cc([N+](=O)[O-])ccc1C. The summed E-state index contributed by atoms with van der Waals surface area (Å²) in [5.41, 5.74) is 1.03. The van der Waals surface area contributed by atoms with E-state index in [1.807, 2.05) is 0 Å². The quantitative estimate of drug-likeness (QED) is 0.588. The molecule has 8 nitrogen and oxygen atoms in total. The molecule has 0 atom stereocenters. The molecule has 2 amide bonds. The molecular weight excluding hydrogens is 276 g/mol. The summed E-state index contributed by atoms with van der Waals surface area (Å²) in [6.45, 7) is 1.85. The van der Waals surface area contributed by atoms with Crippen molar-refractivity contribution in [2.75, 3.05) is 32.5 Å². The first-order valence-electron chi connectivity index (χ1n) is 6.27. The molecule has 8 heteroatoms. The molecule has 1 rings (SSSR count). The molecule has 0 unspecified atom stereocenters. The number of carbonyl (C=O) groups is 2. The van der Waals surface area contributed by atoms with Gasteiger partial charge in [0.05, 0.1) is 23.7 Å². The van der Waals surface area contributed by atoms with E-state index in [1.165, 1.54) is 19.2 Å². The number of carbonyl (C=O) groups excluding carboxylic acids is 2. The molecule has 0 bridgehead atoms. The molecule has 0 aliphatic carbocycles. The highest BCUT2D eigenvalue weighted by molar-refractivity contribution is 5.93. The molecule has 0 aromatic heterocycles. The van der Waals surface area contributed by atoms with Crippen LogP contribution in [0.5, 0.6) is 0 Å². The Hall–Kier alpha value is -2.48. The van der Waals surface area contributed by atoms with Crippen LogP contribution in [0.1, 0.15) is 5.56 Å². The molecular formula is C13H18N4O4. The zero-order valence-corrected chi connectivity index (χ0v) is 12.2. The maximum Gasteiger partial charge on any atom is 0.271 e. The maximum absolute atomic E-state index is 11.9. The highest BCUT2D eigenvalue weighted by Gasteiger charge is 2.13. The number of nitro benzene ring substituents is 1. The van der Waals surface area contributed by atoms with Gasteiger partial charge >= 0.3 is 0 Å². The lowest BCUT2D eigenvalue weighted by Gasteiger charge is -2.15. The Labute approximate surface area is 122 Å². The van der Waals surface area contributed by atoms with Gasteiger partial charge in [0.25, 0.3) is 5.69 Å². The lowest BCUT2D eigenvalue weighted by Crippen LogP contribution is -2.37. The number of benzene rings is 1. The van der Waals surface area contributed by atoms with E-state index in [1.54, 1.807) is 24.9 Å². The minimum Gasteiger partial charge on any atom is -0.358 e. The lowest BCUT2D eigenvalue weighted by atomic mass is 10.2. The second-order valence-corrected chi connectivity index (χ2v) is 4.65. The van der Waals surface area contributed by atoms with Crippen molar-refractivity contribution in [1.82, 2.24) is 10.2 Å². The molecule has 1 aromatic rings. The van der Waals surface area contributed by atoms with Crippen molar-refractivity contribution < 1.29 is 14.5 Å². The number of aryl methyl sites for hydroxylation is 1. The van der Waals surface area contributed by atoms with Crippen molar-refractivity contribution in [1.29, 1.82) is 0 Å². The van der Waals surface area contributed by atoms with E-state index in [-0.39, 0.29) is 30.6 Å². The summed E-state index contributed by atoms with van der Waals surface area (Å²) in [5, 5.41) is 15.8. The lowest BCUT2D eigenvalue weighted by molar-refractivity contribution is -0.384. The third kappa shape index (κ3) is 5.19. The summed E-state index contributed by atoms with van der Waals surface area (Å²) in [6.07, 6.45) is 0. The van der Waals surface area contributed by atoms with Gasteiger partial charge in [0.1, 0.15) is 0 Å². The normalized spacial score (nSPS) is 10.3. The van der Waals surface area contributed by atoms with Crippen molar-refractivity contribution in [2.45, 2.75) is 6.92 Å². The van der Waals surface area contributed by atoms with Crippen LogP contribution in [0.4, 0.5) is 11.4 Å². The van der Waals surface area contributed by atoms with Gasteiger partial charge in [-0.1, -0.05) is 6.07 Å². The Balaban J connectivity index is 2.68. The smallest absolute Gasteiger partial charge is 0.271 e. The number of hydrogen-bond acceptors (Lipinski definition) is 5. The molecule has 0 saturated heterocycles. The van der Waals surface area contributed by atoms with Crippen LogP contribution < -0.4 is 10.6 Å². The molecule has 0 heterocycles. The average Bonchev–Trinajstić information content (AvgIpc) is 2.40. The molecule has 0 aliphatic rings. The second-order valence-electron chi connectivity index (χ2n) is 4.65. The van der Waals surface area contributed by atoms with Gasteiger partial charge in [-0.2, -0.15) is 0 Å². The summed E-state index contributed by atoms with van der Waals surface area (Å²) in [4.78, 5) is 34.8. The van der Waals surface area contributed by atoms with E-state index >= 15 is 0 Å². The van der Waals surface area contributed by atoms with Gasteiger partial charge in [-0.15, -0.1) is 0 Å². The van der Waals surface area contributed by atoms with E-state index < -0.39 is 4.92 Å². The third-order valence-corrected chi connectivity index (χ3v) is 2.81. The van der Waals surface area contributed by atoms with Gasteiger partial charge in [0, 0.05) is 19.2 Å². The minimum absolute atomic E-state index is 0.00948. The Morgan fingerprint density at radius 2 is 1.90 bits per heavy atom. The molecule has 0 radical (unpaired) electrons. The predicted octanol–water partition coefficient (Wildman–Crippen LogP) is 0.520. The van der Waals surface area contributed by atoms with E-state index in [4.69, 9.17) is 0 Å². The monoisotopic (exact) mass is 294 g/mol. The molecule has 21 heavy (non-hydrogen) atoms. The number of likely N-dealkylation sites (N-methyl/N-ethyl adjacent to an activating group) is 2. The summed E-state index contributed by atoms with van der Waals surface area (Å²) in [5.74, 6) is -0.540. The van der Waals surface area contributed by atoms with E-state index in [0.29, 0.717) is 5.69 Å². The molecule has 0 spiro atoms. The number of nitrogens with zero attached hydrogens (tertiary/aromatic N) is 2. The Bertz CT molecular complexity index is 559. The Kier molecular flexibility index (Phi) is 5.79. The summed E-state index contributed by atoms with van der Waals surface area (Å²) in [6, 6.07) is 4.26. The number of rotatable bonds is 6. The fraction of sp³-hybridized carbons (Fsp3) is 0.385. The largest absolute Gasteiger partial charge is 0.358 e. The Morgan fingerprint density at radius 3 is 2.48 bits per heavy atom. The van der Waals surface area contributed by atoms with Gasteiger partial charge in [0.15, 0.2) is 0 Å². The first kappa shape index (κ1) is 16.6. The number of non-ortho nitro benzene ring substituents is 1. The zero-order chi connectivity index (χ0) is 16.0. The number of hydrogen-bond donors (Lipinski definition) is 2. The average molecular weight is 294 g/mol. The highest BCUT2D eigenvalue weighted by atomic mass is 16.6. The highest BCUT2D eigenvalue weighted by Crippen LogP contribution is 2.21. The van der Waals surface area contributed by atoms with Crippen molar-refractivity contribution in [3.63, 3.8) is 0 Å². The summed E-state index contributed by atoms with van der Waals surface area (Å²) >= 11 is 0. The Morgan fingerprint density at radius 1 is 1.29 bits per heavy atom. The van der Waals surface area contributed by atoms with Crippen molar-refractivity contribution in [3.8, 4) is 0 Å². The van der Waals surface area contributed by atoms with Gasteiger partial charge in [-0.25, -0.2) is 0 Å². The molecule has 0 fully saturated rings. The maximum atomic E-state index is 11.9. The van der Waals surface area contributed by atoms with E-state index in [2.05, 4.69) is 10.6 Å². The van der Waals surface area contributed by atoms with Crippen molar-refractivity contribution >= 4 is 23.2 Å². The topological polar surface area (TPSA) is 105 Å². The van der Waals surface area contributed by atoms with Crippen LogP contribution >= 0.6 is 0 Å². The summed E-state index contributed by atoms with van der Waals surface area (Å²) in [7, 11) is 3.15. The molecule has 0 aliphatic heterocycles. The van der Waals surface area contributed by atoms with Crippen LogP contribution in [0.3, 0.4) is 0 Å². The predicted molar refractivity (Wildman–Crippen MR) is 78.0 cm³/mol. The number of nitrogens with one attached hydrogen (secondary N) is 2. The van der Waals surface area contributed by atoms with Crippen molar-refractivity contribution in [2.24, 2.45) is 0 Å². The van der Waals surface area contributed by atoms with Crippen molar-refractivity contribution in [3.05, 3.63) is 33.9 Å². The van der Waals surface area contributed by atoms with E-state index in [0.717, 1.165) is 5.56 Å². The number of amides is 2. The number of nitro groups is 1. The molecule has 114 valence electrons. The van der Waals surface area contributed by atoms with Crippen LogP contribution in [-0.2, 0) is 9.59 Å². The van der Waals surface area contributed by atoms with Gasteiger partial charge < -0.3 is 10.6 Å². The first-order valence-corrected chi connectivity index (χ1v) is 6.27. The van der Waals surface area contributed by atoms with Crippen LogP contribution in [-0.4, -0.2) is 48.8 Å². The number of anilines is 1. The third-order valence-electron chi connectivity index (χ3n) is 2.81.